The van der Waals surface area contributed by atoms with Crippen molar-refractivity contribution in [3.63, 3.8) is 0 Å². The lowest BCUT2D eigenvalue weighted by atomic mass is 9.32. The van der Waals surface area contributed by atoms with Gasteiger partial charge in [-0.15, -0.1) is 0 Å². The number of hydrogen-bond donors (Lipinski definition) is 20. The van der Waals surface area contributed by atoms with E-state index in [1.54, 1.807) is 30.3 Å². The molecule has 128 heavy (non-hydrogen) atoms. The molecule has 1 aromatic carbocycles. The largest absolute Gasteiger partial charge is 0.463 e. The number of fused-ring (bicyclic) bond motifs is 7. The van der Waals surface area contributed by atoms with E-state index in [-0.39, 0.29) is 24.7 Å². The molecule has 12 fully saturated rings. The van der Waals surface area contributed by atoms with Crippen LogP contribution >= 0.6 is 0 Å². The minimum atomic E-state index is -2.20. The maximum Gasteiger partial charge on any atom is 0.331 e. The lowest BCUT2D eigenvalue weighted by molar-refractivity contribution is -0.377. The summed E-state index contributed by atoms with van der Waals surface area (Å²) in [6.45, 7) is 11.6. The van der Waals surface area contributed by atoms with Crippen LogP contribution in [0.15, 0.2) is 48.1 Å². The van der Waals surface area contributed by atoms with Gasteiger partial charge in [0.1, 0.15) is 165 Å². The van der Waals surface area contributed by atoms with Gasteiger partial charge < -0.3 is 188 Å². The van der Waals surface area contributed by atoms with Crippen LogP contribution in [0.4, 0.5) is 0 Å². The molecule has 20 N–H and O–H groups in total. The molecule has 8 saturated heterocycles. The minimum absolute atomic E-state index is 0.00975. The Balaban J connectivity index is 0.739. The number of carbonyl (C=O) groups is 4. The summed E-state index contributed by atoms with van der Waals surface area (Å²) >= 11 is 0. The van der Waals surface area contributed by atoms with Gasteiger partial charge in [0.15, 0.2) is 56.2 Å². The average Bonchev–Trinajstić information content (AvgIpc) is 0.693. The number of carbonyl (C=O) groups excluding carboxylic acids is 4. The van der Waals surface area contributed by atoms with E-state index in [4.69, 9.17) is 85.3 Å². The molecule has 14 rings (SSSR count). The molecule has 1 amide bonds. The highest BCUT2D eigenvalue weighted by atomic mass is 16.8. The Kier molecular flexibility index (Phi) is 30.6. The zero-order valence-corrected chi connectivity index (χ0v) is 72.7. The van der Waals surface area contributed by atoms with Crippen molar-refractivity contribution in [3.05, 3.63) is 53.6 Å². The Morgan fingerprint density at radius 3 is 1.65 bits per heavy atom. The fraction of sp³-hybridized carbons (Fsp3) is 0.837. The third kappa shape index (κ3) is 18.8. The molecule has 0 aromatic heterocycles. The zero-order chi connectivity index (χ0) is 92.7. The molecular formula is C86H129NO41. The SMILES string of the molecule is CC(=O)N[C@@H]1[C@@H](O[C@H]2CC[C@]3(C)[C@H]4CC=C5[C@@H]6C(C)(C)CCC[C@@]6(C(=O)O[C@@H]6O[C@H](COC(C)=O)[C@@H](O[C@H]7OC[C@@H](O)[C@@H](O)[C@H]7OC(=O)/C=C\c7ccccc7)[C@H](O)[C@H]6O[C@@H]6OC[C@@H](O)[C@H](O[C@H]7O[C@H](CO)[C@H](O)[C@@H]7O)[C@@H]6O)[C@H](O)C[C@]5(C)[C@@]4(C)CC[C@H]3C2(C)C)O[C@@H](CO[C@@H]2OC[C@@H](O)[C@@H](O[C@H]3OC[C@@H](O)[C@H](O)[C@H]3O)[C@H]2O)[C@H](O[C@@H]2O[C@H](CO)[C@H](O)[C@@H](O)[C@H]2O)[C@H]1O. The fourth-order valence-electron chi connectivity index (χ4n) is 23.2. The van der Waals surface area contributed by atoms with E-state index in [9.17, 15) is 111 Å². The first kappa shape index (κ1) is 99.2. The van der Waals surface area contributed by atoms with Gasteiger partial charge in [-0.25, -0.2) is 4.79 Å². The van der Waals surface area contributed by atoms with Crippen LogP contribution in [0.1, 0.15) is 126 Å². The zero-order valence-electron chi connectivity index (χ0n) is 72.7. The van der Waals surface area contributed by atoms with E-state index in [0.717, 1.165) is 18.6 Å². The van der Waals surface area contributed by atoms with Crippen LogP contribution in [0, 0.1) is 50.2 Å². The lowest BCUT2D eigenvalue weighted by Gasteiger charge is -2.72. The number of hydrogen-bond acceptors (Lipinski definition) is 41. The molecule has 0 bridgehead atoms. The molecule has 724 valence electrons. The van der Waals surface area contributed by atoms with E-state index in [1.165, 1.54) is 13.0 Å². The number of ether oxygens (including phenoxy) is 18. The molecule has 42 heteroatoms. The second kappa shape index (κ2) is 39.5. The van der Waals surface area contributed by atoms with Crippen molar-refractivity contribution in [1.29, 1.82) is 0 Å². The van der Waals surface area contributed by atoms with Gasteiger partial charge in [0, 0.05) is 25.8 Å². The Hall–Kier alpha value is -4.78. The van der Waals surface area contributed by atoms with Gasteiger partial charge in [-0.3, -0.25) is 14.4 Å². The van der Waals surface area contributed by atoms with Gasteiger partial charge in [0.25, 0.3) is 0 Å². The quantitative estimate of drug-likeness (QED) is 0.0143. The summed E-state index contributed by atoms with van der Waals surface area (Å²) in [6, 6.07) is 7.12. The van der Waals surface area contributed by atoms with Crippen LogP contribution in [0.5, 0.6) is 0 Å². The molecule has 8 aliphatic heterocycles. The van der Waals surface area contributed by atoms with Crippen molar-refractivity contribution in [1.82, 2.24) is 5.32 Å². The highest BCUT2D eigenvalue weighted by molar-refractivity contribution is 5.87. The summed E-state index contributed by atoms with van der Waals surface area (Å²) in [5.74, 6) is -4.64. The maximum atomic E-state index is 16.5. The molecule has 4 saturated carbocycles. The van der Waals surface area contributed by atoms with Crippen molar-refractivity contribution >= 4 is 29.9 Å². The van der Waals surface area contributed by atoms with Gasteiger partial charge in [-0.05, 0) is 102 Å². The van der Waals surface area contributed by atoms with Crippen molar-refractivity contribution in [2.45, 2.75) is 347 Å². The number of nitrogens with one attached hydrogen (secondary N) is 1. The summed E-state index contributed by atoms with van der Waals surface area (Å²) in [5, 5.41) is 217. The van der Waals surface area contributed by atoms with Crippen LogP contribution in [0.2, 0.25) is 0 Å². The number of esters is 3. The standard InChI is InChI=1S/C86H129NO41/c1-35(90)87-52-57(102)67(125-77-61(106)58(103)55(100)43(27-88)117-77)46(34-116-73-63(108)65(41(94)31-112-73)123-74-59(104)53(98)39(92)29-113-74)119-72(52)121-50-21-24-83(7)47(82(50,5)6)20-25-84(8)48(83)18-17-38-71-81(3,4)22-13-23-86(71,49(96)26-85(38,84)9)80(110)128-79-70(127-75-64(109)66(42(95)32-114-75)124-76-60(105)56(101)44(28-89)118-76)62(107)68(45(120-79)33-111-36(2)91)126-78-69(54(99)40(93)30-115-78)122-51(97)19-16-37-14-11-10-12-15-37/h10-12,14-17,19,39-50,52-79,88-89,92-96,98-109H,13,18,20-34H2,1-9H3,(H,87,90)/b19-16-/t39-,40-,41-,42-,43-,44-,45-,46+,47+,48-,49-,50+,52+,53+,54-,55+,56+,57+,58-,59-,60+,61-,62+,63-,64+,65-,66+,67+,68-,69-,70-,71-,72-,73+,74-,75+,76-,77+,78-,79+,83+,84+,85+,86-/m1/s1. The molecule has 0 unspecified atom stereocenters. The molecule has 8 heterocycles. The van der Waals surface area contributed by atoms with Crippen LogP contribution in [0.25, 0.3) is 6.08 Å². The first-order chi connectivity index (χ1) is 60.4. The van der Waals surface area contributed by atoms with Crippen molar-refractivity contribution in [3.8, 4) is 0 Å². The number of aliphatic hydroxyl groups excluding tert-OH is 19. The minimum Gasteiger partial charge on any atom is -0.463 e. The molecule has 0 radical (unpaired) electrons. The fourth-order valence-corrected chi connectivity index (χ4v) is 23.2. The molecule has 42 nitrogen and oxygen atoms in total. The smallest absolute Gasteiger partial charge is 0.331 e. The third-order valence-electron chi connectivity index (χ3n) is 30.1. The van der Waals surface area contributed by atoms with E-state index >= 15 is 4.79 Å². The normalized spacial score (nSPS) is 48.9. The molecule has 1 aromatic rings. The average molecular weight is 1830 g/mol. The van der Waals surface area contributed by atoms with E-state index in [1.807, 2.05) is 13.8 Å². The monoisotopic (exact) mass is 1830 g/mol. The van der Waals surface area contributed by atoms with Gasteiger partial charge in [-0.1, -0.05) is 96.9 Å². The Morgan fingerprint density at radius 1 is 0.477 bits per heavy atom. The number of aliphatic hydroxyl groups is 19. The van der Waals surface area contributed by atoms with Gasteiger partial charge in [0.2, 0.25) is 12.2 Å². The van der Waals surface area contributed by atoms with E-state index in [0.29, 0.717) is 50.5 Å². The number of allylic oxidation sites excluding steroid dienone is 2. The van der Waals surface area contributed by atoms with E-state index < -0.39 is 342 Å². The van der Waals surface area contributed by atoms with Crippen molar-refractivity contribution < 1.29 is 201 Å². The van der Waals surface area contributed by atoms with Crippen LogP contribution in [-0.4, -0.2) is 401 Å². The summed E-state index contributed by atoms with van der Waals surface area (Å²) in [4.78, 5) is 56.3. The molecule has 13 aliphatic rings. The topological polar surface area (TPSA) is 631 Å². The summed E-state index contributed by atoms with van der Waals surface area (Å²) in [7, 11) is 0. The van der Waals surface area contributed by atoms with Crippen molar-refractivity contribution in [2.24, 2.45) is 50.2 Å². The number of rotatable bonds is 25. The Morgan fingerprint density at radius 2 is 1.01 bits per heavy atom. The highest BCUT2D eigenvalue weighted by Crippen LogP contribution is 2.77. The maximum absolute atomic E-state index is 16.5. The molecule has 5 aliphatic carbocycles. The summed E-state index contributed by atoms with van der Waals surface area (Å²) < 4.78 is 110. The number of amides is 1. The van der Waals surface area contributed by atoms with Gasteiger partial charge in [-0.2, -0.15) is 0 Å². The summed E-state index contributed by atoms with van der Waals surface area (Å²) in [5.41, 5.74) is -3.91. The van der Waals surface area contributed by atoms with Crippen molar-refractivity contribution in [2.75, 3.05) is 52.9 Å². The Labute approximate surface area is 738 Å². The van der Waals surface area contributed by atoms with Crippen LogP contribution in [-0.2, 0) is 104 Å². The predicted molar refractivity (Wildman–Crippen MR) is 425 cm³/mol. The van der Waals surface area contributed by atoms with Crippen LogP contribution in [0.3, 0.4) is 0 Å². The molecule has 44 atom stereocenters. The van der Waals surface area contributed by atoms with Gasteiger partial charge >= 0.3 is 17.9 Å². The second-order valence-electron chi connectivity index (χ2n) is 38.7. The second-order valence-corrected chi connectivity index (χ2v) is 38.7. The number of benzene rings is 1. The Bertz CT molecular complexity index is 4000. The summed E-state index contributed by atoms with van der Waals surface area (Å²) in [6.07, 6.45) is -54.9. The molecule has 0 spiro atoms. The first-order valence-corrected chi connectivity index (χ1v) is 44.1. The lowest BCUT2D eigenvalue weighted by Crippen LogP contribution is -2.70. The van der Waals surface area contributed by atoms with Gasteiger partial charge in [0.05, 0.1) is 58.5 Å². The third-order valence-corrected chi connectivity index (χ3v) is 30.1. The predicted octanol–water partition coefficient (Wildman–Crippen LogP) is -5.59. The highest BCUT2D eigenvalue weighted by Gasteiger charge is 2.74. The van der Waals surface area contributed by atoms with E-state index in [2.05, 4.69) is 46.0 Å². The molecular weight excluding hydrogens is 1700 g/mol. The first-order valence-electron chi connectivity index (χ1n) is 44.1. The van der Waals surface area contributed by atoms with Crippen LogP contribution < -0.4 is 5.32 Å².